The first-order valence-electron chi connectivity index (χ1n) is 2.17. The van der Waals surface area contributed by atoms with Gasteiger partial charge >= 0.3 is 0 Å². The van der Waals surface area contributed by atoms with Gasteiger partial charge in [0.25, 0.3) is 0 Å². The molecule has 0 atom stereocenters. The van der Waals surface area contributed by atoms with Crippen molar-refractivity contribution >= 4 is 17.6 Å². The van der Waals surface area contributed by atoms with Crippen LogP contribution in [0, 0.1) is 11.3 Å². The van der Waals surface area contributed by atoms with Gasteiger partial charge in [-0.2, -0.15) is 5.26 Å². The predicted molar refractivity (Wildman–Crippen MR) is 32.2 cm³/mol. The lowest BCUT2D eigenvalue weighted by Crippen LogP contribution is -1.80. The molecule has 0 fully saturated rings. The molecule has 0 saturated carbocycles. The Bertz CT molecular complexity index is 260. The Kier molecular flexibility index (Phi) is 1.56. The van der Waals surface area contributed by atoms with E-state index < -0.39 is 0 Å². The molecular weight excluding hydrogens is 136 g/mol. The molecule has 1 aromatic heterocycles. The van der Waals surface area contributed by atoms with Gasteiger partial charge in [-0.1, -0.05) is 0 Å². The second kappa shape index (κ2) is 2.37. The molecule has 0 unspecified atom stereocenters. The fourth-order valence-electron chi connectivity index (χ4n) is 0.422. The summed E-state index contributed by atoms with van der Waals surface area (Å²) in [6.07, 6.45) is 0.578. The molecule has 0 aliphatic heterocycles. The highest BCUT2D eigenvalue weighted by molar-refractivity contribution is 7.10. The number of aldehydes is 1. The third-order valence-corrected chi connectivity index (χ3v) is 1.56. The van der Waals surface area contributed by atoms with Crippen molar-refractivity contribution in [3.63, 3.8) is 0 Å². The molecule has 0 amide bonds. The van der Waals surface area contributed by atoms with E-state index in [1.54, 1.807) is 0 Å². The highest BCUT2D eigenvalue weighted by atomic mass is 32.1. The van der Waals surface area contributed by atoms with Crippen molar-refractivity contribution in [1.29, 1.82) is 5.26 Å². The summed E-state index contributed by atoms with van der Waals surface area (Å²) in [5, 5.41) is 8.30. The quantitative estimate of drug-likeness (QED) is 0.540. The molecule has 0 spiro atoms. The van der Waals surface area contributed by atoms with Crippen LogP contribution < -0.4 is 0 Å². The molecule has 0 bridgehead atoms. The molecule has 0 aliphatic carbocycles. The number of nitrogens with zero attached hydrogens (tertiary/aromatic N) is 2. The van der Waals surface area contributed by atoms with Crippen LogP contribution in [0.5, 0.6) is 0 Å². The van der Waals surface area contributed by atoms with E-state index in [4.69, 9.17) is 5.26 Å². The number of hydrogen-bond acceptors (Lipinski definition) is 4. The molecule has 1 heterocycles. The standard InChI is InChI=1S/C5H2N2OS/c6-1-5-4(2-8)7-3-9-5/h2-3H. The topological polar surface area (TPSA) is 53.8 Å². The Balaban J connectivity index is 3.17. The fraction of sp³-hybridized carbons (Fsp3) is 0. The van der Waals surface area contributed by atoms with Crippen LogP contribution in [0.2, 0.25) is 0 Å². The summed E-state index contributed by atoms with van der Waals surface area (Å²) in [4.78, 5) is 14.1. The Labute approximate surface area is 55.6 Å². The van der Waals surface area contributed by atoms with Crippen molar-refractivity contribution in [2.24, 2.45) is 0 Å². The summed E-state index contributed by atoms with van der Waals surface area (Å²) in [6, 6.07) is 1.85. The van der Waals surface area contributed by atoms with Crippen molar-refractivity contribution in [1.82, 2.24) is 4.98 Å². The Morgan fingerprint density at radius 1 is 1.89 bits per heavy atom. The molecule has 1 rings (SSSR count). The van der Waals surface area contributed by atoms with Gasteiger partial charge in [0.2, 0.25) is 0 Å². The van der Waals surface area contributed by atoms with E-state index in [9.17, 15) is 4.79 Å². The molecule has 44 valence electrons. The van der Waals surface area contributed by atoms with Gasteiger partial charge in [-0.15, -0.1) is 11.3 Å². The minimum absolute atomic E-state index is 0.238. The Hall–Kier alpha value is -1.21. The van der Waals surface area contributed by atoms with E-state index in [0.717, 1.165) is 0 Å². The van der Waals surface area contributed by atoms with Gasteiger partial charge in [-0.05, 0) is 0 Å². The van der Waals surface area contributed by atoms with E-state index in [-0.39, 0.29) is 5.69 Å². The minimum Gasteiger partial charge on any atom is -0.296 e. The van der Waals surface area contributed by atoms with Crippen LogP contribution >= 0.6 is 11.3 Å². The molecule has 0 aromatic carbocycles. The van der Waals surface area contributed by atoms with Gasteiger partial charge in [-0.25, -0.2) is 4.98 Å². The number of thiazole rings is 1. The van der Waals surface area contributed by atoms with E-state index >= 15 is 0 Å². The highest BCUT2D eigenvalue weighted by Crippen LogP contribution is 2.08. The van der Waals surface area contributed by atoms with Crippen molar-refractivity contribution in [3.8, 4) is 6.07 Å². The zero-order valence-corrected chi connectivity index (χ0v) is 5.18. The maximum atomic E-state index is 10.0. The molecule has 0 saturated heterocycles. The zero-order valence-electron chi connectivity index (χ0n) is 4.37. The van der Waals surface area contributed by atoms with Crippen molar-refractivity contribution < 1.29 is 4.79 Å². The summed E-state index contributed by atoms with van der Waals surface area (Å²) >= 11 is 1.17. The second-order valence-electron chi connectivity index (χ2n) is 1.30. The van der Waals surface area contributed by atoms with Crippen LogP contribution in [0.4, 0.5) is 0 Å². The van der Waals surface area contributed by atoms with Gasteiger partial charge in [0.05, 0.1) is 5.51 Å². The molecule has 0 N–H and O–H groups in total. The van der Waals surface area contributed by atoms with Gasteiger partial charge in [-0.3, -0.25) is 4.79 Å². The van der Waals surface area contributed by atoms with Crippen molar-refractivity contribution in [3.05, 3.63) is 16.1 Å². The van der Waals surface area contributed by atoms with E-state index in [0.29, 0.717) is 11.2 Å². The Morgan fingerprint density at radius 3 is 3.11 bits per heavy atom. The highest BCUT2D eigenvalue weighted by Gasteiger charge is 2.00. The molecule has 1 aromatic rings. The number of carbonyl (C=O) groups excluding carboxylic acids is 1. The van der Waals surface area contributed by atoms with Gasteiger partial charge in [0.15, 0.2) is 6.29 Å². The van der Waals surface area contributed by atoms with E-state index in [1.807, 2.05) is 6.07 Å². The first-order valence-corrected chi connectivity index (χ1v) is 3.05. The second-order valence-corrected chi connectivity index (χ2v) is 2.15. The summed E-state index contributed by atoms with van der Waals surface area (Å²) < 4.78 is 0. The molecule has 0 radical (unpaired) electrons. The lowest BCUT2D eigenvalue weighted by atomic mass is 10.4. The van der Waals surface area contributed by atoms with Crippen molar-refractivity contribution in [2.45, 2.75) is 0 Å². The normalized spacial score (nSPS) is 8.33. The molecule has 0 aliphatic rings. The molecule has 9 heavy (non-hydrogen) atoms. The van der Waals surface area contributed by atoms with Gasteiger partial charge in [0, 0.05) is 0 Å². The van der Waals surface area contributed by atoms with Gasteiger partial charge in [0.1, 0.15) is 16.6 Å². The summed E-state index contributed by atoms with van der Waals surface area (Å²) in [5.41, 5.74) is 1.71. The van der Waals surface area contributed by atoms with Gasteiger partial charge < -0.3 is 0 Å². The number of hydrogen-bond donors (Lipinski definition) is 0. The number of carbonyl (C=O) groups is 1. The minimum atomic E-state index is 0.238. The van der Waals surface area contributed by atoms with E-state index in [2.05, 4.69) is 4.98 Å². The number of nitriles is 1. The Morgan fingerprint density at radius 2 is 2.67 bits per heavy atom. The first kappa shape index (κ1) is 5.92. The van der Waals surface area contributed by atoms with Crippen molar-refractivity contribution in [2.75, 3.05) is 0 Å². The molecule has 4 heteroatoms. The summed E-state index contributed by atoms with van der Waals surface area (Å²) in [6.45, 7) is 0. The lowest BCUT2D eigenvalue weighted by Gasteiger charge is -1.74. The average Bonchev–Trinajstić information content (AvgIpc) is 2.33. The smallest absolute Gasteiger partial charge is 0.170 e. The van der Waals surface area contributed by atoms with Crippen LogP contribution in [0.3, 0.4) is 0 Å². The van der Waals surface area contributed by atoms with Crippen LogP contribution in [-0.2, 0) is 0 Å². The average molecular weight is 138 g/mol. The molecular formula is C5H2N2OS. The number of aromatic nitrogens is 1. The lowest BCUT2D eigenvalue weighted by molar-refractivity contribution is 0.111. The van der Waals surface area contributed by atoms with Crippen LogP contribution in [0.15, 0.2) is 5.51 Å². The first-order chi connectivity index (χ1) is 4.38. The summed E-state index contributed by atoms with van der Waals surface area (Å²) in [7, 11) is 0. The maximum absolute atomic E-state index is 10.0. The van der Waals surface area contributed by atoms with Crippen LogP contribution in [0.1, 0.15) is 15.4 Å². The predicted octanol–water partition coefficient (Wildman–Crippen LogP) is 0.827. The SMILES string of the molecule is N#Cc1scnc1C=O. The maximum Gasteiger partial charge on any atom is 0.170 e. The van der Waals surface area contributed by atoms with E-state index in [1.165, 1.54) is 16.8 Å². The third-order valence-electron chi connectivity index (χ3n) is 0.808. The molecule has 3 nitrogen and oxygen atoms in total. The summed E-state index contributed by atoms with van der Waals surface area (Å²) in [5.74, 6) is 0. The largest absolute Gasteiger partial charge is 0.296 e. The monoisotopic (exact) mass is 138 g/mol. The number of rotatable bonds is 1. The fourth-order valence-corrected chi connectivity index (χ4v) is 0.968. The zero-order chi connectivity index (χ0) is 6.69. The van der Waals surface area contributed by atoms with Crippen LogP contribution in [0.25, 0.3) is 0 Å². The third kappa shape index (κ3) is 0.952. The van der Waals surface area contributed by atoms with Crippen LogP contribution in [-0.4, -0.2) is 11.3 Å².